The molecule has 2 aromatic rings. The molecule has 0 unspecified atom stereocenters. The molecular formula is C26H26N4O2. The van der Waals surface area contributed by atoms with Crippen LogP contribution in [0.4, 0.5) is 11.4 Å². The van der Waals surface area contributed by atoms with E-state index < -0.39 is 0 Å². The van der Waals surface area contributed by atoms with Gasteiger partial charge in [-0.25, -0.2) is 0 Å². The van der Waals surface area contributed by atoms with Gasteiger partial charge in [0.15, 0.2) is 0 Å². The molecular weight excluding hydrogens is 400 g/mol. The van der Waals surface area contributed by atoms with Gasteiger partial charge in [-0.15, -0.1) is 0 Å². The quantitative estimate of drug-likeness (QED) is 0.759. The van der Waals surface area contributed by atoms with Crippen LogP contribution in [0, 0.1) is 16.7 Å². The molecule has 6 nitrogen and oxygen atoms in total. The number of amides is 2. The lowest BCUT2D eigenvalue weighted by molar-refractivity contribution is -0.110. The third-order valence-corrected chi connectivity index (χ3v) is 8.60. The Hall–Kier alpha value is -3.28. The first-order chi connectivity index (χ1) is 15.3. The molecule has 2 bridgehead atoms. The summed E-state index contributed by atoms with van der Waals surface area (Å²) in [4.78, 5) is 35.8. The second-order valence-electron chi connectivity index (χ2n) is 10.2. The van der Waals surface area contributed by atoms with Gasteiger partial charge in [0.1, 0.15) is 11.4 Å². The molecule has 4 atom stereocenters. The number of fused-ring (bicyclic) bond motifs is 4. The normalized spacial score (nSPS) is 34.0. The molecule has 0 saturated heterocycles. The Morgan fingerprint density at radius 1 is 0.812 bits per heavy atom. The van der Waals surface area contributed by atoms with Crippen molar-refractivity contribution in [2.75, 3.05) is 10.6 Å². The summed E-state index contributed by atoms with van der Waals surface area (Å²) in [5, 5.41) is 5.87. The van der Waals surface area contributed by atoms with Crippen molar-refractivity contribution in [1.29, 1.82) is 0 Å². The maximum absolute atomic E-state index is 12.8. The van der Waals surface area contributed by atoms with Gasteiger partial charge in [-0.2, -0.15) is 0 Å². The van der Waals surface area contributed by atoms with Crippen LogP contribution in [0.2, 0.25) is 0 Å². The van der Waals surface area contributed by atoms with E-state index in [-0.39, 0.29) is 34.7 Å². The lowest BCUT2D eigenvalue weighted by Gasteiger charge is -2.37. The zero-order valence-electron chi connectivity index (χ0n) is 18.5. The third kappa shape index (κ3) is 2.41. The zero-order valence-corrected chi connectivity index (χ0v) is 18.5. The minimum absolute atomic E-state index is 0.000347. The fourth-order valence-corrected chi connectivity index (χ4v) is 6.41. The van der Waals surface area contributed by atoms with Crippen LogP contribution in [-0.4, -0.2) is 35.3 Å². The van der Waals surface area contributed by atoms with E-state index in [0.717, 1.165) is 35.3 Å². The average molecular weight is 427 g/mol. The molecule has 0 aromatic heterocycles. The first kappa shape index (κ1) is 19.4. The fourth-order valence-electron chi connectivity index (χ4n) is 6.41. The Morgan fingerprint density at radius 3 is 1.94 bits per heavy atom. The Labute approximate surface area is 187 Å². The van der Waals surface area contributed by atoms with E-state index >= 15 is 0 Å². The van der Waals surface area contributed by atoms with Crippen molar-refractivity contribution in [3.63, 3.8) is 0 Å². The molecule has 2 aliphatic heterocycles. The minimum atomic E-state index is -0.170. The minimum Gasteiger partial charge on any atom is -0.320 e. The number of rotatable bonds is 2. The molecule has 6 rings (SSSR count). The number of hydrogen-bond acceptors (Lipinski definition) is 4. The predicted molar refractivity (Wildman–Crippen MR) is 125 cm³/mol. The highest BCUT2D eigenvalue weighted by Gasteiger charge is 2.67. The van der Waals surface area contributed by atoms with E-state index in [9.17, 15) is 9.59 Å². The van der Waals surface area contributed by atoms with Gasteiger partial charge in [0.05, 0.1) is 23.5 Å². The summed E-state index contributed by atoms with van der Waals surface area (Å²) in [7, 11) is 0. The number of benzene rings is 2. The van der Waals surface area contributed by atoms with Crippen LogP contribution in [0.25, 0.3) is 0 Å². The Balaban J connectivity index is 1.50. The van der Waals surface area contributed by atoms with E-state index in [4.69, 9.17) is 9.98 Å². The summed E-state index contributed by atoms with van der Waals surface area (Å²) >= 11 is 0. The summed E-state index contributed by atoms with van der Waals surface area (Å²) in [5.41, 5.74) is 4.16. The highest BCUT2D eigenvalue weighted by Crippen LogP contribution is 2.67. The molecule has 32 heavy (non-hydrogen) atoms. The van der Waals surface area contributed by atoms with E-state index in [1.165, 1.54) is 0 Å². The van der Waals surface area contributed by atoms with Crippen LogP contribution in [0.5, 0.6) is 0 Å². The van der Waals surface area contributed by atoms with E-state index in [1.807, 2.05) is 48.5 Å². The van der Waals surface area contributed by atoms with E-state index in [0.29, 0.717) is 17.3 Å². The lowest BCUT2D eigenvalue weighted by Crippen LogP contribution is -2.40. The number of aliphatic imine (C=N–C) groups is 2. The van der Waals surface area contributed by atoms with Gasteiger partial charge in [-0.05, 0) is 41.7 Å². The van der Waals surface area contributed by atoms with Crippen LogP contribution in [0.15, 0.2) is 58.5 Å². The Kier molecular flexibility index (Phi) is 3.87. The van der Waals surface area contributed by atoms with Gasteiger partial charge in [0, 0.05) is 11.1 Å². The molecule has 2 saturated carbocycles. The SMILES string of the molecule is CC1(C)[C@H]2CC[C@@]1(C)[C@@H](N=C1C(=O)Nc3ccccc31)[C@@H]2N=C1C(=O)Nc2ccccc21. The van der Waals surface area contributed by atoms with Crippen molar-refractivity contribution >= 4 is 34.6 Å². The van der Waals surface area contributed by atoms with Gasteiger partial charge < -0.3 is 10.6 Å². The van der Waals surface area contributed by atoms with Crippen molar-refractivity contribution in [1.82, 2.24) is 0 Å². The first-order valence-corrected chi connectivity index (χ1v) is 11.3. The first-order valence-electron chi connectivity index (χ1n) is 11.3. The molecule has 162 valence electrons. The number of para-hydroxylation sites is 2. The zero-order chi connectivity index (χ0) is 22.3. The van der Waals surface area contributed by atoms with Gasteiger partial charge >= 0.3 is 0 Å². The average Bonchev–Trinajstić information content (AvgIpc) is 3.37. The molecule has 2 heterocycles. The van der Waals surface area contributed by atoms with Crippen LogP contribution in [-0.2, 0) is 9.59 Å². The number of anilines is 2. The Bertz CT molecular complexity index is 1240. The smallest absolute Gasteiger partial charge is 0.274 e. The second kappa shape index (κ2) is 6.37. The number of nitrogens with one attached hydrogen (secondary N) is 2. The summed E-state index contributed by atoms with van der Waals surface area (Å²) in [6.07, 6.45) is 2.10. The van der Waals surface area contributed by atoms with E-state index in [1.54, 1.807) is 0 Å². The monoisotopic (exact) mass is 426 g/mol. The van der Waals surface area contributed by atoms with Gasteiger partial charge in [-0.3, -0.25) is 19.6 Å². The summed E-state index contributed by atoms with van der Waals surface area (Å²) in [6, 6.07) is 15.0. The molecule has 2 aromatic carbocycles. The van der Waals surface area contributed by atoms with Crippen LogP contribution >= 0.6 is 0 Å². The highest BCUT2D eigenvalue weighted by molar-refractivity contribution is 6.54. The molecule has 2 fully saturated rings. The molecule has 0 spiro atoms. The van der Waals surface area contributed by atoms with Crippen molar-refractivity contribution < 1.29 is 9.59 Å². The molecule has 4 aliphatic rings. The highest BCUT2D eigenvalue weighted by atomic mass is 16.2. The molecule has 2 amide bonds. The van der Waals surface area contributed by atoms with Crippen LogP contribution in [0.3, 0.4) is 0 Å². The maximum atomic E-state index is 12.8. The van der Waals surface area contributed by atoms with Crippen molar-refractivity contribution in [3.8, 4) is 0 Å². The Morgan fingerprint density at radius 2 is 1.34 bits per heavy atom. The molecule has 6 heteroatoms. The number of carbonyl (C=O) groups excluding carboxylic acids is 2. The number of hydrogen-bond donors (Lipinski definition) is 2. The summed E-state index contributed by atoms with van der Waals surface area (Å²) < 4.78 is 0. The van der Waals surface area contributed by atoms with Crippen LogP contribution < -0.4 is 10.6 Å². The van der Waals surface area contributed by atoms with Crippen molar-refractivity contribution in [2.24, 2.45) is 26.7 Å². The maximum Gasteiger partial charge on any atom is 0.274 e. The lowest BCUT2D eigenvalue weighted by atomic mass is 9.69. The summed E-state index contributed by atoms with van der Waals surface area (Å²) in [6.45, 7) is 6.87. The van der Waals surface area contributed by atoms with Gasteiger partial charge in [0.25, 0.3) is 11.8 Å². The number of carbonyl (C=O) groups is 2. The van der Waals surface area contributed by atoms with Gasteiger partial charge in [0.2, 0.25) is 0 Å². The number of nitrogens with zero attached hydrogens (tertiary/aromatic N) is 2. The molecule has 2 N–H and O–H groups in total. The largest absolute Gasteiger partial charge is 0.320 e. The van der Waals surface area contributed by atoms with Crippen molar-refractivity contribution in [2.45, 2.75) is 45.7 Å². The van der Waals surface area contributed by atoms with Crippen LogP contribution in [0.1, 0.15) is 44.7 Å². The topological polar surface area (TPSA) is 82.9 Å². The fraction of sp³-hybridized carbons (Fsp3) is 0.385. The van der Waals surface area contributed by atoms with E-state index in [2.05, 4.69) is 31.4 Å². The predicted octanol–water partition coefficient (Wildman–Crippen LogP) is 4.06. The molecule has 0 radical (unpaired) electrons. The standard InChI is InChI=1S/C26H26N4O2/c1-25(2)16-12-13-26(25,3)22(30-20-15-9-5-7-11-18(15)28-24(20)32)21(16)29-19-14-8-4-6-10-17(14)27-23(19)31/h4-11,16,21-22H,12-13H2,1-3H3,(H,27,29,31)(H,28,30,32)/t16-,21+,22-,26-/m0/s1. The third-order valence-electron chi connectivity index (χ3n) is 8.60. The van der Waals surface area contributed by atoms with Crippen molar-refractivity contribution in [3.05, 3.63) is 59.7 Å². The second-order valence-corrected chi connectivity index (χ2v) is 10.2. The molecule has 2 aliphatic carbocycles. The van der Waals surface area contributed by atoms with Gasteiger partial charge in [-0.1, -0.05) is 57.2 Å². The summed E-state index contributed by atoms with van der Waals surface area (Å²) in [5.74, 6) is -0.0207.